The van der Waals surface area contributed by atoms with Crippen molar-refractivity contribution in [3.63, 3.8) is 0 Å². The Bertz CT molecular complexity index is 1180. The number of hydrogen-bond acceptors (Lipinski definition) is 3. The Morgan fingerprint density at radius 3 is 1.50 bits per heavy atom. The third-order valence-electron chi connectivity index (χ3n) is 9.15. The second-order valence-electron chi connectivity index (χ2n) is 13.2. The summed E-state index contributed by atoms with van der Waals surface area (Å²) < 4.78 is 11.8. The van der Waals surface area contributed by atoms with Crippen LogP contribution in [0.1, 0.15) is 164 Å². The largest absolute Gasteiger partial charge is 0.423 e. The highest BCUT2D eigenvalue weighted by molar-refractivity contribution is 5.91. The lowest BCUT2D eigenvalue weighted by Crippen LogP contribution is -2.08. The Morgan fingerprint density at radius 2 is 1.00 bits per heavy atom. The van der Waals surface area contributed by atoms with Gasteiger partial charge in [-0.1, -0.05) is 165 Å². The Labute approximate surface area is 281 Å². The van der Waals surface area contributed by atoms with Crippen LogP contribution in [-0.4, -0.2) is 12.6 Å². The standard InChI is InChI=1S/C43H62O3/c1-4-6-8-9-10-11-12-13-14-15-16-17-18-19-20-21-35-45-36(3)38-27-29-39(30-28-38)40-31-33-42(34-32-40)46-43(44)41-25-23-37(24-26-41)22-7-5-2/h23-34,36H,4-22,35H2,1-3H3. The van der Waals surface area contributed by atoms with E-state index in [2.05, 4.69) is 45.0 Å². The molecule has 0 aliphatic heterocycles. The fourth-order valence-corrected chi connectivity index (χ4v) is 6.02. The van der Waals surface area contributed by atoms with E-state index < -0.39 is 0 Å². The van der Waals surface area contributed by atoms with Crippen LogP contribution >= 0.6 is 0 Å². The monoisotopic (exact) mass is 626 g/mol. The van der Waals surface area contributed by atoms with Crippen LogP contribution < -0.4 is 4.74 Å². The van der Waals surface area contributed by atoms with Crippen molar-refractivity contribution in [2.24, 2.45) is 0 Å². The molecule has 1 unspecified atom stereocenters. The predicted molar refractivity (Wildman–Crippen MR) is 196 cm³/mol. The molecule has 0 aliphatic rings. The number of aryl methyl sites for hydroxylation is 1. The van der Waals surface area contributed by atoms with Gasteiger partial charge in [0.25, 0.3) is 0 Å². The molecule has 3 aromatic carbocycles. The quantitative estimate of drug-likeness (QED) is 0.0533. The highest BCUT2D eigenvalue weighted by Gasteiger charge is 2.10. The van der Waals surface area contributed by atoms with Crippen LogP contribution in [0.3, 0.4) is 0 Å². The van der Waals surface area contributed by atoms with Gasteiger partial charge in [-0.05, 0) is 72.7 Å². The summed E-state index contributed by atoms with van der Waals surface area (Å²) in [6.45, 7) is 7.44. The number of rotatable bonds is 25. The number of esters is 1. The van der Waals surface area contributed by atoms with Crippen molar-refractivity contribution in [3.8, 4) is 16.9 Å². The average molecular weight is 627 g/mol. The van der Waals surface area contributed by atoms with E-state index in [0.717, 1.165) is 43.4 Å². The molecule has 0 bridgehead atoms. The minimum Gasteiger partial charge on any atom is -0.423 e. The Balaban J connectivity index is 1.24. The zero-order chi connectivity index (χ0) is 32.7. The van der Waals surface area contributed by atoms with Crippen molar-refractivity contribution in [1.82, 2.24) is 0 Å². The highest BCUT2D eigenvalue weighted by Crippen LogP contribution is 2.26. The van der Waals surface area contributed by atoms with Crippen molar-refractivity contribution in [1.29, 1.82) is 0 Å². The van der Waals surface area contributed by atoms with E-state index in [-0.39, 0.29) is 12.1 Å². The maximum Gasteiger partial charge on any atom is 0.343 e. The lowest BCUT2D eigenvalue weighted by atomic mass is 10.0. The summed E-state index contributed by atoms with van der Waals surface area (Å²) in [7, 11) is 0. The van der Waals surface area contributed by atoms with Gasteiger partial charge in [0.15, 0.2) is 0 Å². The van der Waals surface area contributed by atoms with E-state index in [1.807, 2.05) is 48.5 Å². The molecule has 0 saturated carbocycles. The molecule has 3 heteroatoms. The third-order valence-corrected chi connectivity index (χ3v) is 9.15. The molecule has 0 N–H and O–H groups in total. The Hall–Kier alpha value is -2.91. The van der Waals surface area contributed by atoms with Gasteiger partial charge in [0.2, 0.25) is 0 Å². The molecular weight excluding hydrogens is 564 g/mol. The van der Waals surface area contributed by atoms with Crippen LogP contribution in [0.4, 0.5) is 0 Å². The zero-order valence-electron chi connectivity index (χ0n) is 29.4. The van der Waals surface area contributed by atoms with Crippen molar-refractivity contribution >= 4 is 5.97 Å². The average Bonchev–Trinajstić information content (AvgIpc) is 3.09. The fourth-order valence-electron chi connectivity index (χ4n) is 6.02. The van der Waals surface area contributed by atoms with Gasteiger partial charge in [-0.15, -0.1) is 0 Å². The molecule has 0 amide bonds. The molecule has 46 heavy (non-hydrogen) atoms. The normalized spacial score (nSPS) is 11.9. The van der Waals surface area contributed by atoms with Gasteiger partial charge in [0.05, 0.1) is 11.7 Å². The Morgan fingerprint density at radius 1 is 0.543 bits per heavy atom. The molecule has 0 radical (unpaired) electrons. The van der Waals surface area contributed by atoms with E-state index >= 15 is 0 Å². The molecule has 0 aliphatic carbocycles. The van der Waals surface area contributed by atoms with E-state index in [0.29, 0.717) is 11.3 Å². The first-order valence-electron chi connectivity index (χ1n) is 18.7. The van der Waals surface area contributed by atoms with Crippen LogP contribution in [0.2, 0.25) is 0 Å². The number of ether oxygens (including phenoxy) is 2. The summed E-state index contributed by atoms with van der Waals surface area (Å²) in [5.41, 5.74) is 5.25. The summed E-state index contributed by atoms with van der Waals surface area (Å²) >= 11 is 0. The maximum absolute atomic E-state index is 12.6. The molecule has 3 nitrogen and oxygen atoms in total. The summed E-state index contributed by atoms with van der Waals surface area (Å²) in [5, 5.41) is 0. The van der Waals surface area contributed by atoms with Crippen LogP contribution in [0.25, 0.3) is 11.1 Å². The number of unbranched alkanes of at least 4 members (excludes halogenated alkanes) is 16. The van der Waals surface area contributed by atoms with Gasteiger partial charge in [-0.3, -0.25) is 0 Å². The SMILES string of the molecule is CCCCCCCCCCCCCCCCCCOC(C)c1ccc(-c2ccc(OC(=O)c3ccc(CCCC)cc3)cc2)cc1. The summed E-state index contributed by atoms with van der Waals surface area (Å²) in [6.07, 6.45) is 25.6. The number of hydrogen-bond donors (Lipinski definition) is 0. The van der Waals surface area contributed by atoms with E-state index in [1.54, 1.807) is 0 Å². The first-order valence-corrected chi connectivity index (χ1v) is 18.7. The smallest absolute Gasteiger partial charge is 0.343 e. The van der Waals surface area contributed by atoms with Crippen molar-refractivity contribution in [2.75, 3.05) is 6.61 Å². The van der Waals surface area contributed by atoms with Gasteiger partial charge in [0.1, 0.15) is 5.75 Å². The lowest BCUT2D eigenvalue weighted by Gasteiger charge is -2.14. The second-order valence-corrected chi connectivity index (χ2v) is 13.2. The minimum atomic E-state index is -0.326. The molecule has 3 rings (SSSR count). The van der Waals surface area contributed by atoms with Gasteiger partial charge in [-0.2, -0.15) is 0 Å². The first kappa shape index (κ1) is 37.5. The van der Waals surface area contributed by atoms with Gasteiger partial charge in [-0.25, -0.2) is 4.79 Å². The first-order chi connectivity index (χ1) is 22.6. The molecule has 1 atom stereocenters. The Kier molecular flexibility index (Phi) is 19.1. The van der Waals surface area contributed by atoms with Crippen LogP contribution in [0, 0.1) is 0 Å². The van der Waals surface area contributed by atoms with Gasteiger partial charge >= 0.3 is 5.97 Å². The van der Waals surface area contributed by atoms with Gasteiger partial charge in [0, 0.05) is 6.61 Å². The maximum atomic E-state index is 12.6. The second kappa shape index (κ2) is 23.4. The summed E-state index contributed by atoms with van der Waals surface area (Å²) in [6, 6.07) is 24.1. The molecule has 0 heterocycles. The summed E-state index contributed by atoms with van der Waals surface area (Å²) in [4.78, 5) is 12.6. The molecule has 3 aromatic rings. The number of carbonyl (C=O) groups excluding carboxylic acids is 1. The summed E-state index contributed by atoms with van der Waals surface area (Å²) in [5.74, 6) is 0.226. The van der Waals surface area contributed by atoms with E-state index in [4.69, 9.17) is 9.47 Å². The molecule has 0 spiro atoms. The third kappa shape index (κ3) is 15.1. The van der Waals surface area contributed by atoms with Gasteiger partial charge < -0.3 is 9.47 Å². The van der Waals surface area contributed by atoms with Crippen LogP contribution in [-0.2, 0) is 11.2 Å². The van der Waals surface area contributed by atoms with Crippen LogP contribution in [0.5, 0.6) is 5.75 Å². The number of benzene rings is 3. The lowest BCUT2D eigenvalue weighted by molar-refractivity contribution is 0.0627. The zero-order valence-corrected chi connectivity index (χ0v) is 29.4. The van der Waals surface area contributed by atoms with Crippen LogP contribution in [0.15, 0.2) is 72.8 Å². The van der Waals surface area contributed by atoms with E-state index in [9.17, 15) is 4.79 Å². The molecule has 252 valence electrons. The van der Waals surface area contributed by atoms with Crippen molar-refractivity contribution < 1.29 is 14.3 Å². The molecule has 0 saturated heterocycles. The topological polar surface area (TPSA) is 35.5 Å². The van der Waals surface area contributed by atoms with Crippen molar-refractivity contribution in [3.05, 3.63) is 89.5 Å². The van der Waals surface area contributed by atoms with E-state index in [1.165, 1.54) is 107 Å². The highest BCUT2D eigenvalue weighted by atomic mass is 16.5. The predicted octanol–water partition coefficient (Wildman–Crippen LogP) is 13.3. The van der Waals surface area contributed by atoms with Crippen molar-refractivity contribution in [2.45, 2.75) is 149 Å². The fraction of sp³-hybridized carbons (Fsp3) is 0.558. The molecule has 0 aromatic heterocycles. The minimum absolute atomic E-state index is 0.0906. The molecule has 0 fully saturated rings. The molecular formula is C43H62O3. The number of carbonyl (C=O) groups is 1.